The number of hydrogen-bond donors (Lipinski definition) is 1. The number of anilines is 1. The first-order valence-electron chi connectivity index (χ1n) is 6.01. The summed E-state index contributed by atoms with van der Waals surface area (Å²) in [5.74, 6) is -0.0226. The summed E-state index contributed by atoms with van der Waals surface area (Å²) in [6, 6.07) is 5.51. The summed E-state index contributed by atoms with van der Waals surface area (Å²) in [5.41, 5.74) is 2.70. The first-order valence-corrected chi connectivity index (χ1v) is 7.27. The van der Waals surface area contributed by atoms with Crippen molar-refractivity contribution in [2.24, 2.45) is 0 Å². The van der Waals surface area contributed by atoms with Gasteiger partial charge in [0, 0.05) is 22.5 Å². The zero-order chi connectivity index (χ0) is 13.8. The number of rotatable bonds is 4. The van der Waals surface area contributed by atoms with Gasteiger partial charge < -0.3 is 5.32 Å². The number of nitrogens with zero attached hydrogens (tertiary/aromatic N) is 1. The summed E-state index contributed by atoms with van der Waals surface area (Å²) in [5, 5.41) is 6.52. The minimum atomic E-state index is -0.0226. The highest BCUT2D eigenvalue weighted by Crippen LogP contribution is 2.20. The Balaban J connectivity index is 1.88. The number of carbonyl (C=O) groups excluding carboxylic acids is 1. The van der Waals surface area contributed by atoms with Gasteiger partial charge in [-0.15, -0.1) is 11.3 Å². The summed E-state index contributed by atoms with van der Waals surface area (Å²) >= 11 is 7.62. The molecule has 0 spiro atoms. The van der Waals surface area contributed by atoms with Gasteiger partial charge in [-0.3, -0.25) is 4.79 Å². The van der Waals surface area contributed by atoms with E-state index in [0.717, 1.165) is 22.0 Å². The summed E-state index contributed by atoms with van der Waals surface area (Å²) in [7, 11) is 0. The SMILES string of the molecule is Cc1nc(CCC(=O)Nc2ccc(C)c(Cl)c2)cs1. The lowest BCUT2D eigenvalue weighted by molar-refractivity contribution is -0.116. The van der Waals surface area contributed by atoms with Crippen LogP contribution < -0.4 is 5.32 Å². The average Bonchev–Trinajstić information content (AvgIpc) is 2.77. The van der Waals surface area contributed by atoms with Crippen LogP contribution in [0.25, 0.3) is 0 Å². The Kier molecular flexibility index (Phi) is 4.56. The Bertz CT molecular complexity index is 595. The largest absolute Gasteiger partial charge is 0.326 e. The van der Waals surface area contributed by atoms with Gasteiger partial charge in [0.1, 0.15) is 0 Å². The van der Waals surface area contributed by atoms with Crippen molar-refractivity contribution in [3.05, 3.63) is 44.9 Å². The number of aryl methyl sites for hydroxylation is 3. The maximum absolute atomic E-state index is 11.8. The molecule has 5 heteroatoms. The van der Waals surface area contributed by atoms with Crippen LogP contribution in [-0.2, 0) is 11.2 Å². The number of hydrogen-bond acceptors (Lipinski definition) is 3. The lowest BCUT2D eigenvalue weighted by Crippen LogP contribution is -2.12. The Morgan fingerprint density at radius 2 is 2.21 bits per heavy atom. The van der Waals surface area contributed by atoms with Gasteiger partial charge in [-0.1, -0.05) is 17.7 Å². The molecule has 0 aliphatic heterocycles. The molecule has 3 nitrogen and oxygen atoms in total. The Morgan fingerprint density at radius 3 is 2.84 bits per heavy atom. The van der Waals surface area contributed by atoms with Gasteiger partial charge in [0.2, 0.25) is 5.91 Å². The number of thiazole rings is 1. The summed E-state index contributed by atoms with van der Waals surface area (Å²) in [6.07, 6.45) is 1.09. The number of nitrogens with one attached hydrogen (secondary N) is 1. The predicted molar refractivity (Wildman–Crippen MR) is 80.0 cm³/mol. The molecule has 0 unspecified atom stereocenters. The third-order valence-corrected chi connectivity index (χ3v) is 3.96. The van der Waals surface area contributed by atoms with Crippen LogP contribution in [0, 0.1) is 13.8 Å². The van der Waals surface area contributed by atoms with E-state index in [0.29, 0.717) is 17.9 Å². The molecule has 0 saturated heterocycles. The van der Waals surface area contributed by atoms with Crippen LogP contribution in [0.15, 0.2) is 23.6 Å². The maximum atomic E-state index is 11.8. The number of amides is 1. The Morgan fingerprint density at radius 1 is 1.42 bits per heavy atom. The molecule has 2 aromatic rings. The predicted octanol–water partition coefficient (Wildman–Crippen LogP) is 3.98. The number of carbonyl (C=O) groups is 1. The number of halogens is 1. The lowest BCUT2D eigenvalue weighted by atomic mass is 10.2. The van der Waals surface area contributed by atoms with Crippen molar-refractivity contribution in [3.8, 4) is 0 Å². The minimum absolute atomic E-state index is 0.0226. The summed E-state index contributed by atoms with van der Waals surface area (Å²) < 4.78 is 0. The van der Waals surface area contributed by atoms with Crippen LogP contribution in [-0.4, -0.2) is 10.9 Å². The van der Waals surface area contributed by atoms with Crippen LogP contribution >= 0.6 is 22.9 Å². The highest BCUT2D eigenvalue weighted by Gasteiger charge is 2.06. The van der Waals surface area contributed by atoms with Gasteiger partial charge in [0.25, 0.3) is 0 Å². The molecule has 0 atom stereocenters. The van der Waals surface area contributed by atoms with E-state index < -0.39 is 0 Å². The zero-order valence-corrected chi connectivity index (χ0v) is 12.4. The monoisotopic (exact) mass is 294 g/mol. The van der Waals surface area contributed by atoms with E-state index in [-0.39, 0.29) is 5.91 Å². The van der Waals surface area contributed by atoms with E-state index in [9.17, 15) is 4.79 Å². The lowest BCUT2D eigenvalue weighted by Gasteiger charge is -2.06. The molecular weight excluding hydrogens is 280 g/mol. The molecule has 0 bridgehead atoms. The molecule has 0 saturated carbocycles. The second-order valence-corrected chi connectivity index (χ2v) is 5.84. The fourth-order valence-electron chi connectivity index (χ4n) is 1.66. The van der Waals surface area contributed by atoms with Gasteiger partial charge in [-0.2, -0.15) is 0 Å². The molecular formula is C14H15ClN2OS. The molecule has 1 aromatic heterocycles. The molecule has 2 rings (SSSR count). The van der Waals surface area contributed by atoms with Crippen LogP contribution in [0.5, 0.6) is 0 Å². The maximum Gasteiger partial charge on any atom is 0.224 e. The second-order valence-electron chi connectivity index (χ2n) is 4.37. The third kappa shape index (κ3) is 4.04. The normalized spacial score (nSPS) is 10.5. The van der Waals surface area contributed by atoms with Gasteiger partial charge in [-0.25, -0.2) is 4.98 Å². The van der Waals surface area contributed by atoms with E-state index in [2.05, 4.69) is 10.3 Å². The fourth-order valence-corrected chi connectivity index (χ4v) is 2.49. The van der Waals surface area contributed by atoms with Crippen molar-refractivity contribution >= 4 is 34.5 Å². The van der Waals surface area contributed by atoms with E-state index in [4.69, 9.17) is 11.6 Å². The molecule has 1 aromatic carbocycles. The van der Waals surface area contributed by atoms with E-state index >= 15 is 0 Å². The summed E-state index contributed by atoms with van der Waals surface area (Å²) in [4.78, 5) is 16.1. The highest BCUT2D eigenvalue weighted by molar-refractivity contribution is 7.09. The topological polar surface area (TPSA) is 42.0 Å². The van der Waals surface area contributed by atoms with Gasteiger partial charge in [-0.05, 0) is 38.0 Å². The van der Waals surface area contributed by atoms with Crippen molar-refractivity contribution in [1.29, 1.82) is 0 Å². The standard InChI is InChI=1S/C14H15ClN2OS/c1-9-3-4-11(7-13(9)15)17-14(18)6-5-12-8-19-10(2)16-12/h3-4,7-8H,5-6H2,1-2H3,(H,17,18). The number of aromatic nitrogens is 1. The fraction of sp³-hybridized carbons (Fsp3) is 0.286. The molecule has 0 aliphatic rings. The minimum Gasteiger partial charge on any atom is -0.326 e. The van der Waals surface area contributed by atoms with Crippen molar-refractivity contribution in [2.45, 2.75) is 26.7 Å². The van der Waals surface area contributed by atoms with Gasteiger partial charge in [0.05, 0.1) is 10.7 Å². The molecule has 1 N–H and O–H groups in total. The van der Waals surface area contributed by atoms with Crippen molar-refractivity contribution in [2.75, 3.05) is 5.32 Å². The van der Waals surface area contributed by atoms with Crippen molar-refractivity contribution in [1.82, 2.24) is 4.98 Å². The zero-order valence-electron chi connectivity index (χ0n) is 10.9. The Hall–Kier alpha value is -1.39. The van der Waals surface area contributed by atoms with Crippen LogP contribution in [0.4, 0.5) is 5.69 Å². The third-order valence-electron chi connectivity index (χ3n) is 2.73. The molecule has 0 aliphatic carbocycles. The smallest absolute Gasteiger partial charge is 0.224 e. The van der Waals surface area contributed by atoms with Crippen molar-refractivity contribution in [3.63, 3.8) is 0 Å². The van der Waals surface area contributed by atoms with E-state index in [1.54, 1.807) is 17.4 Å². The average molecular weight is 295 g/mol. The van der Waals surface area contributed by atoms with Crippen LogP contribution in [0.1, 0.15) is 22.7 Å². The van der Waals surface area contributed by atoms with E-state index in [1.165, 1.54) is 0 Å². The first kappa shape index (κ1) is 14.0. The van der Waals surface area contributed by atoms with Gasteiger partial charge in [0.15, 0.2) is 0 Å². The molecule has 19 heavy (non-hydrogen) atoms. The van der Waals surface area contributed by atoms with Crippen LogP contribution in [0.3, 0.4) is 0 Å². The van der Waals surface area contributed by atoms with E-state index in [1.807, 2.05) is 31.4 Å². The Labute approximate surface area is 121 Å². The molecule has 100 valence electrons. The quantitative estimate of drug-likeness (QED) is 0.926. The highest BCUT2D eigenvalue weighted by atomic mass is 35.5. The molecule has 1 heterocycles. The van der Waals surface area contributed by atoms with Crippen molar-refractivity contribution < 1.29 is 4.79 Å². The van der Waals surface area contributed by atoms with Gasteiger partial charge >= 0.3 is 0 Å². The van der Waals surface area contributed by atoms with Crippen LogP contribution in [0.2, 0.25) is 5.02 Å². The molecule has 1 amide bonds. The first-order chi connectivity index (χ1) is 9.04. The molecule has 0 radical (unpaired) electrons. The summed E-state index contributed by atoms with van der Waals surface area (Å²) in [6.45, 7) is 3.89. The number of benzene rings is 1. The second kappa shape index (κ2) is 6.17. The molecule has 0 fully saturated rings.